The molecule has 2 amide bonds. The van der Waals surface area contributed by atoms with E-state index in [9.17, 15) is 9.59 Å². The van der Waals surface area contributed by atoms with E-state index in [2.05, 4.69) is 21.2 Å². The van der Waals surface area contributed by atoms with Crippen molar-refractivity contribution in [1.29, 1.82) is 0 Å². The van der Waals surface area contributed by atoms with Crippen LogP contribution in [0.1, 0.15) is 41.2 Å². The molecular weight excluding hydrogens is 452 g/mol. The van der Waals surface area contributed by atoms with Gasteiger partial charge >= 0.3 is 0 Å². The van der Waals surface area contributed by atoms with Crippen LogP contribution in [0.5, 0.6) is 5.75 Å². The number of hydrogen-bond donors (Lipinski definition) is 1. The first-order valence-corrected chi connectivity index (χ1v) is 11.6. The van der Waals surface area contributed by atoms with Crippen molar-refractivity contribution in [2.24, 2.45) is 0 Å². The number of amides is 2. The maximum absolute atomic E-state index is 13.1. The van der Waals surface area contributed by atoms with E-state index in [1.165, 1.54) is 11.8 Å². The van der Waals surface area contributed by atoms with Gasteiger partial charge < -0.3 is 15.0 Å². The first-order valence-electron chi connectivity index (χ1n) is 9.84. The fourth-order valence-corrected chi connectivity index (χ4v) is 5.06. The average Bonchev–Trinajstić information content (AvgIpc) is 3.28. The van der Waals surface area contributed by atoms with Crippen molar-refractivity contribution in [3.63, 3.8) is 0 Å². The minimum atomic E-state index is -0.125. The highest BCUT2D eigenvalue weighted by Crippen LogP contribution is 2.34. The molecule has 29 heavy (non-hydrogen) atoms. The molecule has 2 aromatic carbocycles. The first kappa shape index (κ1) is 20.3. The highest BCUT2D eigenvalue weighted by atomic mass is 79.9. The molecule has 0 saturated carbocycles. The smallest absolute Gasteiger partial charge is 0.252 e. The summed E-state index contributed by atoms with van der Waals surface area (Å²) >= 11 is 4.93. The number of thioether (sulfide) groups is 1. The molecule has 1 N–H and O–H groups in total. The zero-order chi connectivity index (χ0) is 20.2. The highest BCUT2D eigenvalue weighted by Gasteiger charge is 2.25. The van der Waals surface area contributed by atoms with Crippen molar-refractivity contribution in [1.82, 2.24) is 10.2 Å². The molecule has 2 aliphatic heterocycles. The zero-order valence-electron chi connectivity index (χ0n) is 16.0. The number of carbonyl (C=O) groups excluding carboxylic acids is 2. The number of carbonyl (C=O) groups is 2. The van der Waals surface area contributed by atoms with E-state index in [4.69, 9.17) is 4.74 Å². The Balaban J connectivity index is 1.46. The van der Waals surface area contributed by atoms with Crippen molar-refractivity contribution in [2.45, 2.75) is 30.2 Å². The molecule has 0 spiro atoms. The van der Waals surface area contributed by atoms with E-state index < -0.39 is 0 Å². The van der Waals surface area contributed by atoms with Gasteiger partial charge in [0, 0.05) is 34.4 Å². The molecule has 1 fully saturated rings. The lowest BCUT2D eigenvalue weighted by atomic mass is 10.00. The van der Waals surface area contributed by atoms with Gasteiger partial charge in [-0.15, -0.1) is 11.8 Å². The van der Waals surface area contributed by atoms with E-state index in [0.29, 0.717) is 17.9 Å². The van der Waals surface area contributed by atoms with Gasteiger partial charge in [-0.1, -0.05) is 28.1 Å². The molecule has 2 aromatic rings. The standard InChI is InChI=1S/C22H23BrN2O3S/c23-15-7-8-19-17(13-15)18(9-12-28-19)24-22(27)16-5-1-2-6-20(16)29-14-21(26)25-10-3-4-11-25/h1-2,5-8,13,18H,3-4,9-12,14H2,(H,24,27). The summed E-state index contributed by atoms with van der Waals surface area (Å²) in [6.45, 7) is 2.26. The summed E-state index contributed by atoms with van der Waals surface area (Å²) in [5.74, 6) is 1.19. The number of benzene rings is 2. The molecule has 2 heterocycles. The summed E-state index contributed by atoms with van der Waals surface area (Å²) in [6.07, 6.45) is 2.88. The second-order valence-corrected chi connectivity index (χ2v) is 9.15. The SMILES string of the molecule is O=C(NC1CCOc2ccc(Br)cc21)c1ccccc1SCC(=O)N1CCCC1. The van der Waals surface area contributed by atoms with Crippen LogP contribution in [0, 0.1) is 0 Å². The summed E-state index contributed by atoms with van der Waals surface area (Å²) in [6, 6.07) is 13.2. The van der Waals surface area contributed by atoms with E-state index >= 15 is 0 Å². The lowest BCUT2D eigenvalue weighted by Gasteiger charge is -2.27. The van der Waals surface area contributed by atoms with Gasteiger partial charge in [0.1, 0.15) is 5.75 Å². The maximum atomic E-state index is 13.1. The van der Waals surface area contributed by atoms with E-state index in [1.807, 2.05) is 47.4 Å². The second kappa shape index (κ2) is 9.22. The fourth-order valence-electron chi connectivity index (χ4n) is 3.73. The Bertz CT molecular complexity index is 915. The van der Waals surface area contributed by atoms with Gasteiger partial charge in [-0.25, -0.2) is 0 Å². The highest BCUT2D eigenvalue weighted by molar-refractivity contribution is 9.10. The van der Waals surface area contributed by atoms with Crippen LogP contribution in [-0.4, -0.2) is 42.2 Å². The number of hydrogen-bond acceptors (Lipinski definition) is 4. The van der Waals surface area contributed by atoms with Gasteiger partial charge in [0.2, 0.25) is 5.91 Å². The van der Waals surface area contributed by atoms with Gasteiger partial charge in [-0.05, 0) is 43.2 Å². The van der Waals surface area contributed by atoms with Crippen molar-refractivity contribution in [3.8, 4) is 5.75 Å². The Morgan fingerprint density at radius 2 is 1.97 bits per heavy atom. The van der Waals surface area contributed by atoms with Crippen LogP contribution in [0.3, 0.4) is 0 Å². The molecule has 2 aliphatic rings. The number of ether oxygens (including phenoxy) is 1. The van der Waals surface area contributed by atoms with Crippen molar-refractivity contribution in [2.75, 3.05) is 25.4 Å². The predicted octanol–water partition coefficient (Wildman–Crippen LogP) is 4.42. The molecule has 0 aliphatic carbocycles. The van der Waals surface area contributed by atoms with Crippen LogP contribution < -0.4 is 10.1 Å². The Morgan fingerprint density at radius 1 is 1.17 bits per heavy atom. The lowest BCUT2D eigenvalue weighted by Crippen LogP contribution is -2.32. The fraction of sp³-hybridized carbons (Fsp3) is 0.364. The number of nitrogens with one attached hydrogen (secondary N) is 1. The molecule has 1 atom stereocenters. The Kier molecular flexibility index (Phi) is 6.45. The average molecular weight is 475 g/mol. The minimum Gasteiger partial charge on any atom is -0.493 e. The molecule has 5 nitrogen and oxygen atoms in total. The molecule has 152 valence electrons. The zero-order valence-corrected chi connectivity index (χ0v) is 18.4. The molecule has 1 saturated heterocycles. The molecule has 4 rings (SSSR count). The van der Waals surface area contributed by atoms with Crippen LogP contribution in [-0.2, 0) is 4.79 Å². The number of nitrogens with zero attached hydrogens (tertiary/aromatic N) is 1. The normalized spacial score (nSPS) is 18.1. The molecule has 0 aromatic heterocycles. The van der Waals surface area contributed by atoms with Gasteiger partial charge in [0.25, 0.3) is 5.91 Å². The van der Waals surface area contributed by atoms with Gasteiger partial charge in [0.05, 0.1) is 24.0 Å². The van der Waals surface area contributed by atoms with E-state index in [-0.39, 0.29) is 17.9 Å². The van der Waals surface area contributed by atoms with Gasteiger partial charge in [0.15, 0.2) is 0 Å². The summed E-state index contributed by atoms with van der Waals surface area (Å²) in [5, 5.41) is 3.15. The Morgan fingerprint density at radius 3 is 2.79 bits per heavy atom. The van der Waals surface area contributed by atoms with Crippen molar-refractivity contribution >= 4 is 39.5 Å². The Hall–Kier alpha value is -1.99. The van der Waals surface area contributed by atoms with E-state index in [0.717, 1.165) is 53.0 Å². The molecule has 0 bridgehead atoms. The van der Waals surface area contributed by atoms with E-state index in [1.54, 1.807) is 0 Å². The predicted molar refractivity (Wildman–Crippen MR) is 117 cm³/mol. The third-order valence-electron chi connectivity index (χ3n) is 5.26. The Labute approximate surface area is 183 Å². The summed E-state index contributed by atoms with van der Waals surface area (Å²) in [4.78, 5) is 28.2. The lowest BCUT2D eigenvalue weighted by molar-refractivity contribution is -0.127. The van der Waals surface area contributed by atoms with Crippen molar-refractivity contribution < 1.29 is 14.3 Å². The molecular formula is C22H23BrN2O3S. The minimum absolute atomic E-state index is 0.104. The summed E-state index contributed by atoms with van der Waals surface area (Å²) in [7, 11) is 0. The molecule has 1 unspecified atom stereocenters. The topological polar surface area (TPSA) is 58.6 Å². The molecule has 7 heteroatoms. The number of likely N-dealkylation sites (tertiary alicyclic amines) is 1. The monoisotopic (exact) mass is 474 g/mol. The summed E-state index contributed by atoms with van der Waals surface area (Å²) < 4.78 is 6.67. The summed E-state index contributed by atoms with van der Waals surface area (Å²) in [5.41, 5.74) is 1.59. The van der Waals surface area contributed by atoms with Crippen LogP contribution in [0.2, 0.25) is 0 Å². The number of halogens is 1. The van der Waals surface area contributed by atoms with Crippen LogP contribution >= 0.6 is 27.7 Å². The number of fused-ring (bicyclic) bond motifs is 1. The molecule has 0 radical (unpaired) electrons. The number of rotatable bonds is 5. The third kappa shape index (κ3) is 4.78. The second-order valence-electron chi connectivity index (χ2n) is 7.22. The maximum Gasteiger partial charge on any atom is 0.252 e. The quantitative estimate of drug-likeness (QED) is 0.651. The van der Waals surface area contributed by atoms with Crippen LogP contribution in [0.25, 0.3) is 0 Å². The largest absolute Gasteiger partial charge is 0.493 e. The van der Waals surface area contributed by atoms with Gasteiger partial charge in [-0.3, -0.25) is 9.59 Å². The van der Waals surface area contributed by atoms with Crippen LogP contribution in [0.15, 0.2) is 51.8 Å². The first-order chi connectivity index (χ1) is 14.1. The van der Waals surface area contributed by atoms with Crippen LogP contribution in [0.4, 0.5) is 0 Å². The van der Waals surface area contributed by atoms with Crippen molar-refractivity contribution in [3.05, 3.63) is 58.1 Å². The third-order valence-corrected chi connectivity index (χ3v) is 6.81. The van der Waals surface area contributed by atoms with Gasteiger partial charge in [-0.2, -0.15) is 0 Å².